The van der Waals surface area contributed by atoms with Gasteiger partial charge >= 0.3 is 0 Å². The van der Waals surface area contributed by atoms with Crippen LogP contribution in [0, 0.1) is 0 Å². The number of Topliss-reactive ketones (excluding diaryl/α,β-unsaturated/α-hetero) is 1. The molecule has 0 spiro atoms. The second kappa shape index (κ2) is 4.61. The molecule has 98 valence electrons. The van der Waals surface area contributed by atoms with Gasteiger partial charge in [-0.15, -0.1) is 5.10 Å². The van der Waals surface area contributed by atoms with Crippen molar-refractivity contribution in [1.82, 2.24) is 15.0 Å². The van der Waals surface area contributed by atoms with Gasteiger partial charge in [-0.1, -0.05) is 42.0 Å². The van der Waals surface area contributed by atoms with Crippen molar-refractivity contribution in [2.45, 2.75) is 31.1 Å². The van der Waals surface area contributed by atoms with Crippen molar-refractivity contribution >= 4 is 5.78 Å². The van der Waals surface area contributed by atoms with E-state index in [4.69, 9.17) is 0 Å². The number of ketones is 1. The minimum atomic E-state index is -0.279. The maximum Gasteiger partial charge on any atom is 0.149 e. The Bertz CT molecular complexity index is 584. The molecule has 0 aliphatic heterocycles. The molecular formula is C15H17N3O. The molecule has 1 aromatic carbocycles. The third-order valence-electron chi connectivity index (χ3n) is 4.06. The Morgan fingerprint density at radius 1 is 1.32 bits per heavy atom. The molecule has 1 aliphatic carbocycles. The second-order valence-electron chi connectivity index (χ2n) is 5.29. The van der Waals surface area contributed by atoms with Crippen molar-refractivity contribution in [3.8, 4) is 0 Å². The first-order valence-electron chi connectivity index (χ1n) is 6.65. The van der Waals surface area contributed by atoms with Gasteiger partial charge in [0.1, 0.15) is 5.78 Å². The van der Waals surface area contributed by atoms with Crippen LogP contribution in [0.2, 0.25) is 0 Å². The number of carbonyl (C=O) groups is 1. The zero-order valence-electron chi connectivity index (χ0n) is 11.0. The van der Waals surface area contributed by atoms with Gasteiger partial charge in [-0.25, -0.2) is 0 Å². The summed E-state index contributed by atoms with van der Waals surface area (Å²) in [7, 11) is 1.82. The average molecular weight is 255 g/mol. The number of rotatable bonds is 4. The Morgan fingerprint density at radius 2 is 2.05 bits per heavy atom. The fourth-order valence-electron chi connectivity index (χ4n) is 2.83. The monoisotopic (exact) mass is 255 g/mol. The van der Waals surface area contributed by atoms with Crippen LogP contribution in [0.25, 0.3) is 0 Å². The summed E-state index contributed by atoms with van der Waals surface area (Å²) in [5.41, 5.74) is 1.63. The number of hydrogen-bond acceptors (Lipinski definition) is 3. The largest absolute Gasteiger partial charge is 0.298 e. The van der Waals surface area contributed by atoms with Gasteiger partial charge in [-0.05, 0) is 18.4 Å². The van der Waals surface area contributed by atoms with Crippen LogP contribution in [-0.4, -0.2) is 20.8 Å². The predicted octanol–water partition coefficient (Wildman–Crippen LogP) is 2.05. The lowest BCUT2D eigenvalue weighted by atomic mass is 9.61. The highest BCUT2D eigenvalue weighted by Crippen LogP contribution is 2.44. The fourth-order valence-corrected chi connectivity index (χ4v) is 2.83. The maximum atomic E-state index is 12.6. The van der Waals surface area contributed by atoms with Crippen molar-refractivity contribution in [2.75, 3.05) is 0 Å². The van der Waals surface area contributed by atoms with Crippen LogP contribution in [0.4, 0.5) is 0 Å². The summed E-state index contributed by atoms with van der Waals surface area (Å²) in [5.74, 6) is 0.269. The molecule has 2 aromatic rings. The van der Waals surface area contributed by atoms with Crippen LogP contribution in [0.5, 0.6) is 0 Å². The number of aryl methyl sites for hydroxylation is 1. The molecule has 0 bridgehead atoms. The molecular weight excluding hydrogens is 238 g/mol. The number of hydrogen-bond donors (Lipinski definition) is 0. The Hall–Kier alpha value is -1.97. The van der Waals surface area contributed by atoms with Gasteiger partial charge < -0.3 is 0 Å². The zero-order chi connectivity index (χ0) is 13.3. The van der Waals surface area contributed by atoms with Crippen LogP contribution >= 0.6 is 0 Å². The first-order chi connectivity index (χ1) is 9.21. The third kappa shape index (κ3) is 2.07. The Labute approximate surface area is 112 Å². The molecule has 0 saturated heterocycles. The standard InChI is InChI=1S/C15H17N3O/c1-18-11-13(16-17-18)10-14(19)15(8-5-9-15)12-6-3-2-4-7-12/h2-4,6-7,11H,5,8-10H2,1H3. The zero-order valence-corrected chi connectivity index (χ0v) is 11.0. The molecule has 1 heterocycles. The summed E-state index contributed by atoms with van der Waals surface area (Å²) < 4.78 is 1.64. The quantitative estimate of drug-likeness (QED) is 0.840. The maximum absolute atomic E-state index is 12.6. The van der Waals surface area contributed by atoms with Crippen LogP contribution < -0.4 is 0 Å². The van der Waals surface area contributed by atoms with Crippen LogP contribution in [-0.2, 0) is 23.7 Å². The summed E-state index contributed by atoms with van der Waals surface area (Å²) in [6.45, 7) is 0. The van der Waals surface area contributed by atoms with Gasteiger partial charge in [-0.3, -0.25) is 9.48 Å². The molecule has 1 fully saturated rings. The summed E-state index contributed by atoms with van der Waals surface area (Å²) in [6.07, 6.45) is 5.23. The topological polar surface area (TPSA) is 47.8 Å². The minimum absolute atomic E-state index is 0.269. The highest BCUT2D eigenvalue weighted by atomic mass is 16.1. The van der Waals surface area contributed by atoms with Gasteiger partial charge in [0.15, 0.2) is 0 Å². The summed E-state index contributed by atoms with van der Waals surface area (Å²) in [6, 6.07) is 10.1. The summed E-state index contributed by atoms with van der Waals surface area (Å²) >= 11 is 0. The normalized spacial score (nSPS) is 16.9. The fraction of sp³-hybridized carbons (Fsp3) is 0.400. The molecule has 1 aromatic heterocycles. The Kier molecular flexibility index (Phi) is 2.93. The molecule has 0 atom stereocenters. The Balaban J connectivity index is 1.84. The molecule has 19 heavy (non-hydrogen) atoms. The van der Waals surface area contributed by atoms with Crippen LogP contribution in [0.3, 0.4) is 0 Å². The van der Waals surface area contributed by atoms with Gasteiger partial charge in [0, 0.05) is 13.2 Å². The third-order valence-corrected chi connectivity index (χ3v) is 4.06. The van der Waals surface area contributed by atoms with Crippen LogP contribution in [0.1, 0.15) is 30.5 Å². The highest BCUT2D eigenvalue weighted by Gasteiger charge is 2.44. The molecule has 0 N–H and O–H groups in total. The predicted molar refractivity (Wildman–Crippen MR) is 71.7 cm³/mol. The summed E-state index contributed by atoms with van der Waals surface area (Å²) in [4.78, 5) is 12.6. The minimum Gasteiger partial charge on any atom is -0.298 e. The number of nitrogens with zero attached hydrogens (tertiary/aromatic N) is 3. The first-order valence-corrected chi connectivity index (χ1v) is 6.65. The lowest BCUT2D eigenvalue weighted by Crippen LogP contribution is -2.43. The van der Waals surface area contributed by atoms with Crippen molar-refractivity contribution in [2.24, 2.45) is 7.05 Å². The summed E-state index contributed by atoms with van der Waals surface area (Å²) in [5, 5.41) is 7.90. The van der Waals surface area contributed by atoms with Gasteiger partial charge in [-0.2, -0.15) is 0 Å². The smallest absolute Gasteiger partial charge is 0.149 e. The molecule has 4 nitrogen and oxygen atoms in total. The molecule has 1 saturated carbocycles. The second-order valence-corrected chi connectivity index (χ2v) is 5.29. The SMILES string of the molecule is Cn1cc(CC(=O)C2(c3ccccc3)CCC2)nn1. The van der Waals surface area contributed by atoms with E-state index in [9.17, 15) is 4.79 Å². The lowest BCUT2D eigenvalue weighted by Gasteiger charge is -2.40. The van der Waals surface area contributed by atoms with Gasteiger partial charge in [0.05, 0.1) is 17.5 Å². The van der Waals surface area contributed by atoms with E-state index in [2.05, 4.69) is 22.4 Å². The van der Waals surface area contributed by atoms with Gasteiger partial charge in [0.25, 0.3) is 0 Å². The lowest BCUT2D eigenvalue weighted by molar-refractivity contribution is -0.127. The molecule has 4 heteroatoms. The van der Waals surface area contributed by atoms with Crippen LogP contribution in [0.15, 0.2) is 36.5 Å². The van der Waals surface area contributed by atoms with Crippen molar-refractivity contribution in [1.29, 1.82) is 0 Å². The molecule has 0 amide bonds. The van der Waals surface area contributed by atoms with E-state index < -0.39 is 0 Å². The number of carbonyl (C=O) groups excluding carboxylic acids is 1. The van der Waals surface area contributed by atoms with E-state index in [1.807, 2.05) is 31.4 Å². The van der Waals surface area contributed by atoms with Crippen molar-refractivity contribution < 1.29 is 4.79 Å². The molecule has 1 aliphatic rings. The van der Waals surface area contributed by atoms with Gasteiger partial charge in [0.2, 0.25) is 0 Å². The Morgan fingerprint density at radius 3 is 2.58 bits per heavy atom. The van der Waals surface area contributed by atoms with E-state index >= 15 is 0 Å². The molecule has 0 radical (unpaired) electrons. The van der Waals surface area contributed by atoms with Crippen molar-refractivity contribution in [3.63, 3.8) is 0 Å². The average Bonchev–Trinajstić information content (AvgIpc) is 2.75. The van der Waals surface area contributed by atoms with E-state index in [0.29, 0.717) is 6.42 Å². The molecule has 3 rings (SSSR count). The first kappa shape index (κ1) is 12.1. The molecule has 0 unspecified atom stereocenters. The van der Waals surface area contributed by atoms with E-state index in [0.717, 1.165) is 30.5 Å². The number of benzene rings is 1. The van der Waals surface area contributed by atoms with E-state index in [-0.39, 0.29) is 11.2 Å². The van der Waals surface area contributed by atoms with E-state index in [1.54, 1.807) is 4.68 Å². The van der Waals surface area contributed by atoms with Crippen molar-refractivity contribution in [3.05, 3.63) is 47.8 Å². The highest BCUT2D eigenvalue weighted by molar-refractivity contribution is 5.92. The number of aromatic nitrogens is 3. The van der Waals surface area contributed by atoms with E-state index in [1.165, 1.54) is 0 Å².